The van der Waals surface area contributed by atoms with Crippen LogP contribution >= 0.6 is 0 Å². The van der Waals surface area contributed by atoms with Gasteiger partial charge in [-0.05, 0) is 37.1 Å². The molecule has 5 rings (SSSR count). The number of rotatable bonds is 3. The van der Waals surface area contributed by atoms with Crippen LogP contribution in [0, 0.1) is 0 Å². The van der Waals surface area contributed by atoms with E-state index in [0.29, 0.717) is 17.5 Å². The van der Waals surface area contributed by atoms with Crippen LogP contribution in [0.5, 0.6) is 0 Å². The largest absolute Gasteiger partial charge is 0.478 e. The quantitative estimate of drug-likeness (QED) is 0.760. The third-order valence-electron chi connectivity index (χ3n) is 5.83. The van der Waals surface area contributed by atoms with Gasteiger partial charge < -0.3 is 5.11 Å². The zero-order valence-electron chi connectivity index (χ0n) is 15.9. The van der Waals surface area contributed by atoms with Crippen LogP contribution in [-0.4, -0.2) is 43.8 Å². The molecule has 0 atom stereocenters. The van der Waals surface area contributed by atoms with Gasteiger partial charge in [0.05, 0.1) is 23.0 Å². The third-order valence-corrected chi connectivity index (χ3v) is 5.83. The van der Waals surface area contributed by atoms with E-state index in [0.717, 1.165) is 60.4 Å². The highest BCUT2D eigenvalue weighted by molar-refractivity contribution is 6.06. The Morgan fingerprint density at radius 3 is 2.96 bits per heavy atom. The van der Waals surface area contributed by atoms with Crippen LogP contribution in [-0.2, 0) is 19.5 Å². The summed E-state index contributed by atoms with van der Waals surface area (Å²) in [5.41, 5.74) is 6.21. The minimum absolute atomic E-state index is 0.380. The second-order valence-electron chi connectivity index (χ2n) is 7.48. The Balaban J connectivity index is 1.75. The first-order valence-electron chi connectivity index (χ1n) is 9.78. The number of aromatic carboxylic acids is 1. The smallest absolute Gasteiger partial charge is 0.336 e. The van der Waals surface area contributed by atoms with Gasteiger partial charge in [0.1, 0.15) is 0 Å². The molecule has 0 saturated carbocycles. The molecule has 2 aromatic heterocycles. The van der Waals surface area contributed by atoms with E-state index in [1.54, 1.807) is 0 Å². The number of likely N-dealkylation sites (N-methyl/N-ethyl adjacent to an activating group) is 1. The van der Waals surface area contributed by atoms with Crippen LogP contribution in [0.4, 0.5) is 0 Å². The number of hydrogen-bond acceptors (Lipinski definition) is 4. The maximum atomic E-state index is 12.2. The predicted octanol–water partition coefficient (Wildman–Crippen LogP) is 3.45. The van der Waals surface area contributed by atoms with E-state index in [1.165, 1.54) is 5.69 Å². The fraction of sp³-hybridized carbons (Fsp3) is 0.318. The Kier molecular flexibility index (Phi) is 4.02. The highest BCUT2D eigenvalue weighted by Gasteiger charge is 2.28. The Hall–Kier alpha value is -2.99. The molecule has 2 aliphatic rings. The molecule has 142 valence electrons. The van der Waals surface area contributed by atoms with Gasteiger partial charge in [-0.2, -0.15) is 5.10 Å². The first kappa shape index (κ1) is 17.1. The van der Waals surface area contributed by atoms with E-state index >= 15 is 0 Å². The summed E-state index contributed by atoms with van der Waals surface area (Å²) in [5, 5.41) is 15.2. The van der Waals surface area contributed by atoms with Crippen LogP contribution in [0.2, 0.25) is 0 Å². The van der Waals surface area contributed by atoms with Crippen molar-refractivity contribution < 1.29 is 9.90 Å². The van der Waals surface area contributed by atoms with Crippen molar-refractivity contribution >= 4 is 28.5 Å². The van der Waals surface area contributed by atoms with Crippen LogP contribution in [0.25, 0.3) is 22.6 Å². The van der Waals surface area contributed by atoms with Crippen molar-refractivity contribution in [3.63, 3.8) is 0 Å². The van der Waals surface area contributed by atoms with Crippen molar-refractivity contribution in [2.45, 2.75) is 32.9 Å². The summed E-state index contributed by atoms with van der Waals surface area (Å²) in [6.45, 7) is 5.31. The molecular weight excluding hydrogens is 352 g/mol. The molecule has 0 saturated heterocycles. The average Bonchev–Trinajstić information content (AvgIpc) is 3.31. The predicted molar refractivity (Wildman–Crippen MR) is 108 cm³/mol. The van der Waals surface area contributed by atoms with Crippen molar-refractivity contribution in [2.75, 3.05) is 13.1 Å². The number of carboxylic acid groups (broad SMARTS) is 1. The summed E-state index contributed by atoms with van der Waals surface area (Å²) < 4.78 is 2.07. The van der Waals surface area contributed by atoms with Crippen molar-refractivity contribution in [1.29, 1.82) is 0 Å². The summed E-state index contributed by atoms with van der Waals surface area (Å²) in [6.07, 6.45) is 6.25. The normalized spacial score (nSPS) is 17.8. The van der Waals surface area contributed by atoms with E-state index in [1.807, 2.05) is 30.5 Å². The molecular formula is C22H22N4O2. The molecule has 0 radical (unpaired) electrons. The number of para-hydroxylation sites is 1. The lowest BCUT2D eigenvalue weighted by Gasteiger charge is -2.30. The number of fused-ring (bicyclic) bond motifs is 3. The number of nitrogens with zero attached hydrogens (tertiary/aromatic N) is 4. The van der Waals surface area contributed by atoms with Crippen LogP contribution in [0.3, 0.4) is 0 Å². The number of carbonyl (C=O) groups is 1. The van der Waals surface area contributed by atoms with Gasteiger partial charge in [0.15, 0.2) is 0 Å². The zero-order valence-corrected chi connectivity index (χ0v) is 15.9. The number of carboxylic acids is 1. The second kappa shape index (κ2) is 6.56. The number of pyridine rings is 1. The van der Waals surface area contributed by atoms with Gasteiger partial charge >= 0.3 is 5.97 Å². The van der Waals surface area contributed by atoms with E-state index in [9.17, 15) is 9.90 Å². The summed E-state index contributed by atoms with van der Waals surface area (Å²) in [5.74, 6) is -0.890. The van der Waals surface area contributed by atoms with E-state index in [2.05, 4.69) is 27.7 Å². The SMILES string of the molecule is CCN1C/C(=C\c2cnn3c2CCC3)c2nc3ccccc3c(C(=O)O)c2C1. The summed E-state index contributed by atoms with van der Waals surface area (Å²) >= 11 is 0. The standard InChI is InChI=1S/C22H22N4O2/c1-2-25-12-15(10-14-11-23-26-9-5-8-19(14)26)21-17(13-25)20(22(27)28)16-6-3-4-7-18(16)24-21/h3-4,6-7,10-11H,2,5,8-9,12-13H2,1H3,(H,27,28)/b15-10+. The van der Waals surface area contributed by atoms with Gasteiger partial charge in [0, 0.05) is 41.8 Å². The average molecular weight is 374 g/mol. The molecule has 0 fully saturated rings. The van der Waals surface area contributed by atoms with Gasteiger partial charge in [-0.15, -0.1) is 0 Å². The molecule has 0 aliphatic carbocycles. The van der Waals surface area contributed by atoms with Gasteiger partial charge in [-0.1, -0.05) is 25.1 Å². The van der Waals surface area contributed by atoms with Gasteiger partial charge in [-0.3, -0.25) is 9.58 Å². The first-order chi connectivity index (χ1) is 13.7. The lowest BCUT2D eigenvalue weighted by molar-refractivity contribution is 0.0696. The van der Waals surface area contributed by atoms with Crippen LogP contribution in [0.1, 0.15) is 46.2 Å². The number of aromatic nitrogens is 3. The van der Waals surface area contributed by atoms with E-state index < -0.39 is 5.97 Å². The molecule has 0 spiro atoms. The lowest BCUT2D eigenvalue weighted by Crippen LogP contribution is -2.31. The first-order valence-corrected chi connectivity index (χ1v) is 9.78. The minimum atomic E-state index is -0.890. The molecule has 4 heterocycles. The topological polar surface area (TPSA) is 71.2 Å². The van der Waals surface area contributed by atoms with Gasteiger partial charge in [0.25, 0.3) is 0 Å². The summed E-state index contributed by atoms with van der Waals surface area (Å²) in [6, 6.07) is 7.52. The van der Waals surface area contributed by atoms with E-state index in [-0.39, 0.29) is 0 Å². The zero-order chi connectivity index (χ0) is 19.3. The highest BCUT2D eigenvalue weighted by Crippen LogP contribution is 2.34. The van der Waals surface area contributed by atoms with Crippen molar-refractivity contribution in [3.05, 3.63) is 58.5 Å². The van der Waals surface area contributed by atoms with Gasteiger partial charge in [-0.25, -0.2) is 9.78 Å². The highest BCUT2D eigenvalue weighted by atomic mass is 16.4. The fourth-order valence-electron chi connectivity index (χ4n) is 4.44. The monoisotopic (exact) mass is 374 g/mol. The maximum absolute atomic E-state index is 12.2. The Bertz CT molecular complexity index is 1130. The Morgan fingerprint density at radius 1 is 1.29 bits per heavy atom. The number of hydrogen-bond donors (Lipinski definition) is 1. The van der Waals surface area contributed by atoms with Crippen molar-refractivity contribution in [1.82, 2.24) is 19.7 Å². The van der Waals surface area contributed by atoms with Crippen LogP contribution in [0.15, 0.2) is 30.5 Å². The van der Waals surface area contributed by atoms with Crippen LogP contribution < -0.4 is 0 Å². The fourth-order valence-corrected chi connectivity index (χ4v) is 4.44. The summed E-state index contributed by atoms with van der Waals surface area (Å²) in [7, 11) is 0. The minimum Gasteiger partial charge on any atom is -0.478 e. The molecule has 6 heteroatoms. The Morgan fingerprint density at radius 2 is 2.14 bits per heavy atom. The molecule has 1 aromatic carbocycles. The lowest BCUT2D eigenvalue weighted by atomic mass is 9.92. The molecule has 6 nitrogen and oxygen atoms in total. The number of aryl methyl sites for hydroxylation is 1. The number of benzene rings is 1. The molecule has 0 amide bonds. The molecule has 28 heavy (non-hydrogen) atoms. The molecule has 0 unspecified atom stereocenters. The maximum Gasteiger partial charge on any atom is 0.336 e. The third kappa shape index (κ3) is 2.64. The Labute approximate surface area is 163 Å². The molecule has 2 aliphatic heterocycles. The van der Waals surface area contributed by atoms with Crippen molar-refractivity contribution in [2.24, 2.45) is 0 Å². The van der Waals surface area contributed by atoms with E-state index in [4.69, 9.17) is 4.98 Å². The summed E-state index contributed by atoms with van der Waals surface area (Å²) in [4.78, 5) is 19.3. The van der Waals surface area contributed by atoms with Gasteiger partial charge in [0.2, 0.25) is 0 Å². The molecule has 1 N–H and O–H groups in total. The molecule has 3 aromatic rings. The molecule has 0 bridgehead atoms. The second-order valence-corrected chi connectivity index (χ2v) is 7.48. The van der Waals surface area contributed by atoms with Crippen molar-refractivity contribution in [3.8, 4) is 0 Å².